The molecule has 1 aromatic heterocycles. The van der Waals surface area contributed by atoms with Gasteiger partial charge in [-0.25, -0.2) is 4.68 Å². The zero-order valence-corrected chi connectivity index (χ0v) is 18.1. The van der Waals surface area contributed by atoms with Gasteiger partial charge in [-0.3, -0.25) is 9.59 Å². The monoisotopic (exact) mass is 403 g/mol. The lowest BCUT2D eigenvalue weighted by Crippen LogP contribution is -2.34. The molecule has 1 saturated heterocycles. The summed E-state index contributed by atoms with van der Waals surface area (Å²) in [6, 6.07) is 17.7. The van der Waals surface area contributed by atoms with Crippen molar-refractivity contribution in [1.29, 1.82) is 0 Å². The molecule has 0 bridgehead atoms. The van der Waals surface area contributed by atoms with Crippen molar-refractivity contribution in [3.05, 3.63) is 76.2 Å². The third-order valence-corrected chi connectivity index (χ3v) is 6.04. The van der Waals surface area contributed by atoms with Gasteiger partial charge in [0.05, 0.1) is 5.39 Å². The Morgan fingerprint density at radius 2 is 1.70 bits per heavy atom. The van der Waals surface area contributed by atoms with Crippen LogP contribution in [-0.2, 0) is 6.54 Å². The SMILES string of the molecule is CC(C)Cn1nc(C(=O)N2C[C@H](c3ccccc3)C(C)(C)C2)c2ccccc2c1=O. The summed E-state index contributed by atoms with van der Waals surface area (Å²) in [4.78, 5) is 28.4. The molecule has 0 spiro atoms. The van der Waals surface area contributed by atoms with Crippen molar-refractivity contribution in [2.45, 2.75) is 40.2 Å². The van der Waals surface area contributed by atoms with Crippen LogP contribution in [0.1, 0.15) is 49.7 Å². The second-order valence-electron chi connectivity index (χ2n) is 9.41. The van der Waals surface area contributed by atoms with Crippen molar-refractivity contribution in [3.63, 3.8) is 0 Å². The second kappa shape index (κ2) is 7.71. The normalized spacial score (nSPS) is 18.3. The van der Waals surface area contributed by atoms with Crippen molar-refractivity contribution in [3.8, 4) is 0 Å². The van der Waals surface area contributed by atoms with Gasteiger partial charge in [0.1, 0.15) is 0 Å². The Morgan fingerprint density at radius 3 is 2.37 bits per heavy atom. The van der Waals surface area contributed by atoms with E-state index in [1.165, 1.54) is 10.2 Å². The Morgan fingerprint density at radius 1 is 1.07 bits per heavy atom. The van der Waals surface area contributed by atoms with E-state index in [-0.39, 0.29) is 28.7 Å². The van der Waals surface area contributed by atoms with Crippen molar-refractivity contribution in [2.75, 3.05) is 13.1 Å². The van der Waals surface area contributed by atoms with Gasteiger partial charge in [0.15, 0.2) is 5.69 Å². The molecule has 0 N–H and O–H groups in total. The maximum absolute atomic E-state index is 13.6. The molecule has 5 heteroatoms. The number of carbonyl (C=O) groups excluding carboxylic acids is 1. The molecule has 2 aromatic carbocycles. The predicted molar refractivity (Wildman–Crippen MR) is 120 cm³/mol. The first-order valence-electron chi connectivity index (χ1n) is 10.6. The molecule has 1 atom stereocenters. The fourth-order valence-corrected chi connectivity index (χ4v) is 4.54. The minimum Gasteiger partial charge on any atom is -0.336 e. The largest absolute Gasteiger partial charge is 0.336 e. The van der Waals surface area contributed by atoms with Crippen LogP contribution in [0.15, 0.2) is 59.4 Å². The van der Waals surface area contributed by atoms with Gasteiger partial charge in [-0.1, -0.05) is 76.2 Å². The minimum atomic E-state index is -0.139. The maximum Gasteiger partial charge on any atom is 0.274 e. The molecule has 0 saturated carbocycles. The smallest absolute Gasteiger partial charge is 0.274 e. The quantitative estimate of drug-likeness (QED) is 0.652. The highest BCUT2D eigenvalue weighted by Gasteiger charge is 2.42. The zero-order valence-electron chi connectivity index (χ0n) is 18.1. The van der Waals surface area contributed by atoms with Crippen LogP contribution in [0.2, 0.25) is 0 Å². The molecule has 30 heavy (non-hydrogen) atoms. The average Bonchev–Trinajstić information content (AvgIpc) is 3.05. The molecule has 0 unspecified atom stereocenters. The Bertz CT molecular complexity index is 1130. The van der Waals surface area contributed by atoms with Crippen LogP contribution in [0.25, 0.3) is 10.8 Å². The fraction of sp³-hybridized carbons (Fsp3) is 0.400. The van der Waals surface area contributed by atoms with Crippen LogP contribution in [0.5, 0.6) is 0 Å². The van der Waals surface area contributed by atoms with E-state index in [9.17, 15) is 9.59 Å². The first-order valence-corrected chi connectivity index (χ1v) is 10.6. The number of aromatic nitrogens is 2. The molecule has 2 heterocycles. The van der Waals surface area contributed by atoms with Crippen molar-refractivity contribution < 1.29 is 4.79 Å². The van der Waals surface area contributed by atoms with E-state index in [2.05, 4.69) is 31.1 Å². The Balaban J connectivity index is 1.75. The standard InChI is InChI=1S/C25H29N3O2/c1-17(2)14-28-23(29)20-13-9-8-12-19(20)22(26-28)24(30)27-15-21(25(3,4)16-27)18-10-6-5-7-11-18/h5-13,17,21H,14-16H2,1-4H3/t21-/m1/s1. The van der Waals surface area contributed by atoms with Crippen molar-refractivity contribution >= 4 is 16.7 Å². The number of likely N-dealkylation sites (tertiary alicyclic amines) is 1. The van der Waals surface area contributed by atoms with E-state index in [0.29, 0.717) is 36.1 Å². The highest BCUT2D eigenvalue weighted by atomic mass is 16.2. The minimum absolute atomic E-state index is 0.0425. The van der Waals surface area contributed by atoms with Gasteiger partial charge in [-0.05, 0) is 23.0 Å². The van der Waals surface area contributed by atoms with Crippen LogP contribution in [0.4, 0.5) is 0 Å². The van der Waals surface area contributed by atoms with Gasteiger partial charge in [0.25, 0.3) is 11.5 Å². The number of fused-ring (bicyclic) bond motifs is 1. The van der Waals surface area contributed by atoms with E-state index in [0.717, 1.165) is 0 Å². The molecule has 1 aliphatic rings. The van der Waals surface area contributed by atoms with Gasteiger partial charge in [-0.15, -0.1) is 0 Å². The molecule has 1 amide bonds. The van der Waals surface area contributed by atoms with Gasteiger partial charge in [0.2, 0.25) is 0 Å². The second-order valence-corrected chi connectivity index (χ2v) is 9.41. The molecule has 1 fully saturated rings. The maximum atomic E-state index is 13.6. The number of benzene rings is 2. The van der Waals surface area contributed by atoms with E-state index < -0.39 is 0 Å². The van der Waals surface area contributed by atoms with Gasteiger partial charge < -0.3 is 4.90 Å². The Kier molecular flexibility index (Phi) is 5.22. The molecule has 0 aliphatic carbocycles. The molecule has 1 aliphatic heterocycles. The Hall–Kier alpha value is -2.95. The molecule has 4 rings (SSSR count). The van der Waals surface area contributed by atoms with Crippen LogP contribution in [0.3, 0.4) is 0 Å². The number of amides is 1. The van der Waals surface area contributed by atoms with Crippen molar-refractivity contribution in [2.24, 2.45) is 11.3 Å². The molecule has 3 aromatic rings. The Labute approximate surface area is 177 Å². The lowest BCUT2D eigenvalue weighted by molar-refractivity contribution is 0.0771. The van der Waals surface area contributed by atoms with E-state index in [1.807, 2.05) is 55.1 Å². The van der Waals surface area contributed by atoms with Gasteiger partial charge in [0, 0.05) is 30.9 Å². The molecule has 156 valence electrons. The van der Waals surface area contributed by atoms with E-state index in [1.54, 1.807) is 6.07 Å². The fourth-order valence-electron chi connectivity index (χ4n) is 4.54. The lowest BCUT2D eigenvalue weighted by atomic mass is 9.78. The predicted octanol–water partition coefficient (Wildman–Crippen LogP) is 4.32. The average molecular weight is 404 g/mol. The number of nitrogens with zero attached hydrogens (tertiary/aromatic N) is 3. The number of hydrogen-bond donors (Lipinski definition) is 0. The highest BCUT2D eigenvalue weighted by molar-refractivity contribution is 6.04. The summed E-state index contributed by atoms with van der Waals surface area (Å²) < 4.78 is 1.45. The van der Waals surface area contributed by atoms with Gasteiger partial charge >= 0.3 is 0 Å². The number of hydrogen-bond acceptors (Lipinski definition) is 3. The van der Waals surface area contributed by atoms with Crippen molar-refractivity contribution in [1.82, 2.24) is 14.7 Å². The number of rotatable bonds is 4. The van der Waals surface area contributed by atoms with E-state index in [4.69, 9.17) is 0 Å². The summed E-state index contributed by atoms with van der Waals surface area (Å²) in [5, 5.41) is 5.73. The first kappa shape index (κ1) is 20.3. The third-order valence-electron chi connectivity index (χ3n) is 6.04. The molecule has 5 nitrogen and oxygen atoms in total. The summed E-state index contributed by atoms with van der Waals surface area (Å²) in [5.41, 5.74) is 1.44. The molecular weight excluding hydrogens is 374 g/mol. The summed E-state index contributed by atoms with van der Waals surface area (Å²) in [7, 11) is 0. The lowest BCUT2D eigenvalue weighted by Gasteiger charge is -2.25. The molecule has 0 radical (unpaired) electrons. The topological polar surface area (TPSA) is 55.2 Å². The summed E-state index contributed by atoms with van der Waals surface area (Å²) >= 11 is 0. The highest BCUT2D eigenvalue weighted by Crippen LogP contribution is 2.42. The summed E-state index contributed by atoms with van der Waals surface area (Å²) in [6.45, 7) is 10.3. The van der Waals surface area contributed by atoms with Gasteiger partial charge in [-0.2, -0.15) is 5.10 Å². The van der Waals surface area contributed by atoms with Crippen LogP contribution < -0.4 is 5.56 Å². The summed E-state index contributed by atoms with van der Waals surface area (Å²) in [5.74, 6) is 0.415. The first-order chi connectivity index (χ1) is 14.3. The zero-order chi connectivity index (χ0) is 21.5. The van der Waals surface area contributed by atoms with E-state index >= 15 is 0 Å². The molecular formula is C25H29N3O2. The van der Waals surface area contributed by atoms with Crippen LogP contribution in [-0.4, -0.2) is 33.7 Å². The van der Waals surface area contributed by atoms with Crippen LogP contribution in [0, 0.1) is 11.3 Å². The van der Waals surface area contributed by atoms with Crippen LogP contribution >= 0.6 is 0 Å². The third kappa shape index (κ3) is 3.64. The number of carbonyl (C=O) groups is 1. The summed E-state index contributed by atoms with van der Waals surface area (Å²) in [6.07, 6.45) is 0.